The lowest BCUT2D eigenvalue weighted by molar-refractivity contribution is 1.25. The molecule has 2 aromatic heterocycles. The summed E-state index contributed by atoms with van der Waals surface area (Å²) in [5.74, 6) is 0. The molecular weight excluding hydrogens is 206 g/mol. The minimum absolute atomic E-state index is 0.538. The summed E-state index contributed by atoms with van der Waals surface area (Å²) >= 11 is 5.02. The first-order valence-electron chi connectivity index (χ1n) is 4.34. The lowest BCUT2D eigenvalue weighted by Crippen LogP contribution is -1.86. The number of pyridine rings is 2. The highest BCUT2D eigenvalue weighted by atomic mass is 32.1. The second kappa shape index (κ2) is 4.03. The Labute approximate surface area is 92.0 Å². The van der Waals surface area contributed by atoms with E-state index in [9.17, 15) is 0 Å². The van der Waals surface area contributed by atoms with Gasteiger partial charge in [0, 0.05) is 23.7 Å². The second-order valence-electron chi connectivity index (χ2n) is 3.00. The van der Waals surface area contributed by atoms with Crippen LogP contribution >= 0.6 is 12.2 Å². The summed E-state index contributed by atoms with van der Waals surface area (Å²) in [6.07, 6.45) is 3.22. The molecule has 0 unspecified atom stereocenters. The highest BCUT2D eigenvalue weighted by Crippen LogP contribution is 2.16. The monoisotopic (exact) mass is 213 g/mol. The van der Waals surface area contributed by atoms with Crippen molar-refractivity contribution in [2.75, 3.05) is 0 Å². The fourth-order valence-corrected chi connectivity index (χ4v) is 1.45. The number of H-pyrrole nitrogens is 1. The maximum absolute atomic E-state index is 8.74. The summed E-state index contributed by atoms with van der Waals surface area (Å²) < 4.78 is 0.662. The normalized spacial score (nSPS) is 9.53. The van der Waals surface area contributed by atoms with Gasteiger partial charge in [0.1, 0.15) is 10.7 Å². The molecule has 3 nitrogen and oxygen atoms in total. The van der Waals surface area contributed by atoms with Crippen molar-refractivity contribution in [3.8, 4) is 17.3 Å². The van der Waals surface area contributed by atoms with Crippen LogP contribution in [0.5, 0.6) is 0 Å². The molecule has 0 amide bonds. The molecule has 0 aliphatic heterocycles. The van der Waals surface area contributed by atoms with E-state index in [1.807, 2.05) is 18.2 Å². The van der Waals surface area contributed by atoms with Gasteiger partial charge < -0.3 is 4.98 Å². The van der Waals surface area contributed by atoms with Gasteiger partial charge in [-0.1, -0.05) is 18.3 Å². The van der Waals surface area contributed by atoms with Gasteiger partial charge in [-0.15, -0.1) is 0 Å². The van der Waals surface area contributed by atoms with E-state index in [1.165, 1.54) is 6.20 Å². The molecule has 0 aromatic carbocycles. The average Bonchev–Trinajstić information content (AvgIpc) is 2.29. The van der Waals surface area contributed by atoms with E-state index >= 15 is 0 Å². The molecule has 0 atom stereocenters. The number of nitrogens with one attached hydrogen (secondary N) is 1. The van der Waals surface area contributed by atoms with Crippen LogP contribution in [-0.2, 0) is 0 Å². The highest BCUT2D eigenvalue weighted by Gasteiger charge is 1.99. The zero-order valence-electron chi connectivity index (χ0n) is 7.77. The third-order valence-electron chi connectivity index (χ3n) is 1.95. The third kappa shape index (κ3) is 2.09. The molecule has 72 valence electrons. The van der Waals surface area contributed by atoms with Crippen LogP contribution in [0.3, 0.4) is 0 Å². The Hall–Kier alpha value is -1.99. The topological polar surface area (TPSA) is 52.5 Å². The lowest BCUT2D eigenvalue weighted by atomic mass is 10.1. The summed E-state index contributed by atoms with van der Waals surface area (Å²) in [5.41, 5.74) is 2.27. The minimum atomic E-state index is 0.538. The van der Waals surface area contributed by atoms with Crippen molar-refractivity contribution in [2.24, 2.45) is 0 Å². The Morgan fingerprint density at radius 2 is 2.20 bits per heavy atom. The van der Waals surface area contributed by atoms with Gasteiger partial charge in [0.15, 0.2) is 0 Å². The van der Waals surface area contributed by atoms with E-state index in [4.69, 9.17) is 17.5 Å². The summed E-state index contributed by atoms with van der Waals surface area (Å²) in [6, 6.07) is 9.39. The predicted molar refractivity (Wildman–Crippen MR) is 59.6 cm³/mol. The minimum Gasteiger partial charge on any atom is -0.346 e. The molecule has 0 fully saturated rings. The van der Waals surface area contributed by atoms with Crippen LogP contribution in [0.1, 0.15) is 5.56 Å². The molecule has 2 heterocycles. The zero-order valence-corrected chi connectivity index (χ0v) is 8.58. The van der Waals surface area contributed by atoms with Crippen molar-refractivity contribution in [2.45, 2.75) is 0 Å². The Balaban J connectivity index is 2.55. The molecule has 2 aromatic rings. The van der Waals surface area contributed by atoms with Crippen LogP contribution in [0.25, 0.3) is 11.3 Å². The molecule has 0 saturated carbocycles. The maximum Gasteiger partial charge on any atom is 0.103 e. The summed E-state index contributed by atoms with van der Waals surface area (Å²) in [4.78, 5) is 7.03. The van der Waals surface area contributed by atoms with Gasteiger partial charge in [0.2, 0.25) is 0 Å². The van der Waals surface area contributed by atoms with Crippen molar-refractivity contribution >= 4 is 12.2 Å². The number of aromatic nitrogens is 2. The molecule has 0 aliphatic carbocycles. The van der Waals surface area contributed by atoms with Crippen LogP contribution in [-0.4, -0.2) is 9.97 Å². The zero-order chi connectivity index (χ0) is 10.7. The second-order valence-corrected chi connectivity index (χ2v) is 3.44. The van der Waals surface area contributed by atoms with Gasteiger partial charge in [-0.3, -0.25) is 4.98 Å². The molecule has 4 heteroatoms. The van der Waals surface area contributed by atoms with Crippen LogP contribution in [0.4, 0.5) is 0 Å². The van der Waals surface area contributed by atoms with Gasteiger partial charge in [-0.2, -0.15) is 5.26 Å². The maximum atomic E-state index is 8.74. The first-order chi connectivity index (χ1) is 7.29. The van der Waals surface area contributed by atoms with Crippen molar-refractivity contribution in [3.63, 3.8) is 0 Å². The van der Waals surface area contributed by atoms with E-state index in [0.29, 0.717) is 10.2 Å². The van der Waals surface area contributed by atoms with E-state index in [0.717, 1.165) is 11.3 Å². The van der Waals surface area contributed by atoms with E-state index in [2.05, 4.69) is 9.97 Å². The predicted octanol–water partition coefficient (Wildman–Crippen LogP) is 2.68. The van der Waals surface area contributed by atoms with Crippen molar-refractivity contribution < 1.29 is 0 Å². The first-order valence-corrected chi connectivity index (χ1v) is 4.75. The number of nitrogens with zero attached hydrogens (tertiary/aromatic N) is 2. The number of aromatic amines is 1. The van der Waals surface area contributed by atoms with Crippen molar-refractivity contribution in [1.29, 1.82) is 5.26 Å². The molecule has 15 heavy (non-hydrogen) atoms. The number of hydrogen-bond donors (Lipinski definition) is 1. The quantitative estimate of drug-likeness (QED) is 0.741. The molecule has 1 N–H and O–H groups in total. The van der Waals surface area contributed by atoms with Crippen LogP contribution in [0.2, 0.25) is 0 Å². The first kappa shape index (κ1) is 9.56. The third-order valence-corrected chi connectivity index (χ3v) is 2.18. The molecule has 0 spiro atoms. The Bertz CT molecular complexity index is 581. The molecule has 0 bridgehead atoms. The average molecular weight is 213 g/mol. The van der Waals surface area contributed by atoms with Gasteiger partial charge in [0.05, 0.1) is 5.56 Å². The Morgan fingerprint density at radius 1 is 1.33 bits per heavy atom. The smallest absolute Gasteiger partial charge is 0.103 e. The van der Waals surface area contributed by atoms with E-state index in [-0.39, 0.29) is 0 Å². The fourth-order valence-electron chi connectivity index (χ4n) is 1.26. The van der Waals surface area contributed by atoms with Crippen LogP contribution < -0.4 is 0 Å². The molecule has 2 rings (SSSR count). The summed E-state index contributed by atoms with van der Waals surface area (Å²) in [6.45, 7) is 0. The van der Waals surface area contributed by atoms with Gasteiger partial charge in [0.25, 0.3) is 0 Å². The van der Waals surface area contributed by atoms with Gasteiger partial charge in [-0.25, -0.2) is 0 Å². The molecule has 0 aliphatic rings. The van der Waals surface area contributed by atoms with Crippen molar-refractivity contribution in [3.05, 3.63) is 46.9 Å². The molecular formula is C11H7N3S. The summed E-state index contributed by atoms with van der Waals surface area (Å²) in [7, 11) is 0. The molecule has 0 radical (unpaired) electrons. The molecule has 0 saturated heterocycles. The Morgan fingerprint density at radius 3 is 2.93 bits per heavy atom. The standard InChI is InChI=1S/C11H7N3S/c12-5-8-4-9(7-13-6-8)10-2-1-3-11(15)14-10/h1-4,6-7H,(H,14,15). The van der Waals surface area contributed by atoms with Crippen LogP contribution in [0, 0.1) is 16.0 Å². The number of hydrogen-bond acceptors (Lipinski definition) is 3. The van der Waals surface area contributed by atoms with E-state index < -0.39 is 0 Å². The van der Waals surface area contributed by atoms with Crippen LogP contribution in [0.15, 0.2) is 36.7 Å². The Kier molecular flexibility index (Phi) is 2.57. The SMILES string of the molecule is N#Cc1cncc(-c2cccc(=S)[nH]2)c1. The number of nitriles is 1. The summed E-state index contributed by atoms with van der Waals surface area (Å²) in [5, 5.41) is 8.74. The fraction of sp³-hybridized carbons (Fsp3) is 0. The van der Waals surface area contributed by atoms with E-state index in [1.54, 1.807) is 18.3 Å². The largest absolute Gasteiger partial charge is 0.346 e. The van der Waals surface area contributed by atoms with Gasteiger partial charge in [-0.05, 0) is 18.2 Å². The van der Waals surface area contributed by atoms with Gasteiger partial charge >= 0.3 is 0 Å². The highest BCUT2D eigenvalue weighted by molar-refractivity contribution is 7.71. The van der Waals surface area contributed by atoms with Crippen molar-refractivity contribution in [1.82, 2.24) is 9.97 Å². The number of rotatable bonds is 1. The lowest BCUT2D eigenvalue weighted by Gasteiger charge is -2.00.